The molecule has 78 valence electrons. The molecular formula is C11H10ClNO2. The van der Waals surface area contributed by atoms with Gasteiger partial charge in [-0.25, -0.2) is 0 Å². The third-order valence-corrected chi connectivity index (χ3v) is 2.96. The maximum absolute atomic E-state index is 6.03. The van der Waals surface area contributed by atoms with Gasteiger partial charge in [-0.15, -0.1) is 0 Å². The molecule has 1 aromatic rings. The highest BCUT2D eigenvalue weighted by Gasteiger charge is 2.22. The zero-order chi connectivity index (χ0) is 10.4. The van der Waals surface area contributed by atoms with Crippen LogP contribution >= 0.6 is 11.6 Å². The average molecular weight is 224 g/mol. The number of ether oxygens (including phenoxy) is 2. The van der Waals surface area contributed by atoms with E-state index in [1.807, 2.05) is 19.1 Å². The van der Waals surface area contributed by atoms with Crippen molar-refractivity contribution in [3.8, 4) is 11.5 Å². The van der Waals surface area contributed by atoms with Gasteiger partial charge in [0.25, 0.3) is 0 Å². The zero-order valence-electron chi connectivity index (χ0n) is 8.29. The van der Waals surface area contributed by atoms with Crippen molar-refractivity contribution in [2.45, 2.75) is 18.8 Å². The van der Waals surface area contributed by atoms with Crippen LogP contribution in [-0.4, -0.2) is 18.0 Å². The summed E-state index contributed by atoms with van der Waals surface area (Å²) in [5.41, 5.74) is 3.12. The Morgan fingerprint density at radius 2 is 2.07 bits per heavy atom. The average Bonchev–Trinajstić information content (AvgIpc) is 2.61. The first-order chi connectivity index (χ1) is 7.24. The largest absolute Gasteiger partial charge is 0.454 e. The van der Waals surface area contributed by atoms with Gasteiger partial charge in [0.1, 0.15) is 5.50 Å². The van der Waals surface area contributed by atoms with Crippen molar-refractivity contribution >= 4 is 17.3 Å². The second-order valence-corrected chi connectivity index (χ2v) is 4.22. The highest BCUT2D eigenvalue weighted by Crippen LogP contribution is 2.37. The molecule has 0 N–H and O–H groups in total. The van der Waals surface area contributed by atoms with Gasteiger partial charge in [0.05, 0.1) is 0 Å². The van der Waals surface area contributed by atoms with Crippen molar-refractivity contribution in [2.75, 3.05) is 6.79 Å². The van der Waals surface area contributed by atoms with Gasteiger partial charge in [-0.3, -0.25) is 4.99 Å². The number of benzene rings is 1. The standard InChI is InChI=1S/C11H10ClNO2/c1-6-8-4-10-9(14-5-15-10)2-7(8)3-11(12)13-6/h2,4,11H,3,5H2,1H3. The second kappa shape index (κ2) is 3.14. The molecule has 3 nitrogen and oxygen atoms in total. The molecule has 0 saturated heterocycles. The zero-order valence-corrected chi connectivity index (χ0v) is 9.04. The fourth-order valence-corrected chi connectivity index (χ4v) is 2.31. The first kappa shape index (κ1) is 9.04. The molecule has 2 aliphatic heterocycles. The molecule has 0 aliphatic carbocycles. The summed E-state index contributed by atoms with van der Waals surface area (Å²) in [4.78, 5) is 4.34. The van der Waals surface area contributed by atoms with Crippen molar-refractivity contribution in [1.82, 2.24) is 0 Å². The van der Waals surface area contributed by atoms with E-state index in [9.17, 15) is 0 Å². The fourth-order valence-electron chi connectivity index (χ4n) is 2.00. The van der Waals surface area contributed by atoms with Crippen molar-refractivity contribution < 1.29 is 9.47 Å². The van der Waals surface area contributed by atoms with Crippen LogP contribution in [-0.2, 0) is 6.42 Å². The minimum Gasteiger partial charge on any atom is -0.454 e. The van der Waals surface area contributed by atoms with Crippen LogP contribution < -0.4 is 9.47 Å². The quantitative estimate of drug-likeness (QED) is 0.499. The predicted octanol–water partition coefficient (Wildman–Crippen LogP) is 2.35. The van der Waals surface area contributed by atoms with Crippen molar-refractivity contribution in [3.05, 3.63) is 23.3 Å². The molecule has 1 aromatic carbocycles. The highest BCUT2D eigenvalue weighted by molar-refractivity contribution is 6.22. The van der Waals surface area contributed by atoms with Gasteiger partial charge in [-0.05, 0) is 24.6 Å². The molecule has 0 radical (unpaired) electrons. The van der Waals surface area contributed by atoms with E-state index < -0.39 is 0 Å². The van der Waals surface area contributed by atoms with Gasteiger partial charge >= 0.3 is 0 Å². The van der Waals surface area contributed by atoms with Crippen LogP contribution in [0.1, 0.15) is 18.1 Å². The second-order valence-electron chi connectivity index (χ2n) is 3.72. The molecule has 0 spiro atoms. The number of halogens is 1. The van der Waals surface area contributed by atoms with E-state index in [0.717, 1.165) is 29.2 Å². The number of hydrogen-bond acceptors (Lipinski definition) is 3. The number of rotatable bonds is 0. The van der Waals surface area contributed by atoms with E-state index in [1.165, 1.54) is 5.56 Å². The lowest BCUT2D eigenvalue weighted by molar-refractivity contribution is 0.174. The van der Waals surface area contributed by atoms with E-state index in [1.54, 1.807) is 0 Å². The Balaban J connectivity index is 2.16. The third-order valence-electron chi connectivity index (χ3n) is 2.71. The molecule has 0 bridgehead atoms. The summed E-state index contributed by atoms with van der Waals surface area (Å²) in [5, 5.41) is 0. The van der Waals surface area contributed by atoms with Crippen LogP contribution in [0.5, 0.6) is 11.5 Å². The van der Waals surface area contributed by atoms with E-state index in [4.69, 9.17) is 21.1 Å². The van der Waals surface area contributed by atoms with Crippen LogP contribution in [0.3, 0.4) is 0 Å². The Morgan fingerprint density at radius 3 is 2.87 bits per heavy atom. The summed E-state index contributed by atoms with van der Waals surface area (Å²) in [5.74, 6) is 1.61. The smallest absolute Gasteiger partial charge is 0.231 e. The van der Waals surface area contributed by atoms with Crippen LogP contribution in [0.25, 0.3) is 0 Å². The predicted molar refractivity (Wildman–Crippen MR) is 58.1 cm³/mol. The Bertz CT molecular complexity index is 456. The molecule has 15 heavy (non-hydrogen) atoms. The van der Waals surface area contributed by atoms with Gasteiger partial charge in [0, 0.05) is 17.7 Å². The lowest BCUT2D eigenvalue weighted by atomic mass is 9.97. The van der Waals surface area contributed by atoms with Gasteiger partial charge in [-0.2, -0.15) is 0 Å². The van der Waals surface area contributed by atoms with E-state index >= 15 is 0 Å². The maximum atomic E-state index is 6.03. The van der Waals surface area contributed by atoms with Crippen molar-refractivity contribution in [1.29, 1.82) is 0 Å². The molecule has 1 atom stereocenters. The monoisotopic (exact) mass is 223 g/mol. The normalized spacial score (nSPS) is 22.3. The number of aliphatic imine (C=N–C) groups is 1. The van der Waals surface area contributed by atoms with Gasteiger partial charge in [0.15, 0.2) is 11.5 Å². The number of hydrogen-bond donors (Lipinski definition) is 0. The molecule has 0 fully saturated rings. The van der Waals surface area contributed by atoms with Crippen LogP contribution in [0, 0.1) is 0 Å². The molecule has 4 heteroatoms. The SMILES string of the molecule is CC1=NC(Cl)Cc2cc3c(cc21)OCO3. The molecule has 2 heterocycles. The van der Waals surface area contributed by atoms with Gasteiger partial charge < -0.3 is 9.47 Å². The Hall–Kier alpha value is -1.22. The van der Waals surface area contributed by atoms with Crippen LogP contribution in [0.2, 0.25) is 0 Å². The van der Waals surface area contributed by atoms with Gasteiger partial charge in [-0.1, -0.05) is 11.6 Å². The molecular weight excluding hydrogens is 214 g/mol. The summed E-state index contributed by atoms with van der Waals surface area (Å²) in [6, 6.07) is 3.99. The minimum absolute atomic E-state index is 0.155. The van der Waals surface area contributed by atoms with Crippen molar-refractivity contribution in [2.24, 2.45) is 4.99 Å². The molecule has 0 amide bonds. The number of alkyl halides is 1. The van der Waals surface area contributed by atoms with Gasteiger partial charge in [0.2, 0.25) is 6.79 Å². The van der Waals surface area contributed by atoms with E-state index in [2.05, 4.69) is 4.99 Å². The summed E-state index contributed by atoms with van der Waals surface area (Å²) in [6.07, 6.45) is 0.755. The minimum atomic E-state index is -0.155. The summed E-state index contributed by atoms with van der Waals surface area (Å²) in [6.45, 7) is 2.27. The number of nitrogens with zero attached hydrogens (tertiary/aromatic N) is 1. The maximum Gasteiger partial charge on any atom is 0.231 e. The first-order valence-corrected chi connectivity index (χ1v) is 5.29. The van der Waals surface area contributed by atoms with Crippen molar-refractivity contribution in [3.63, 3.8) is 0 Å². The highest BCUT2D eigenvalue weighted by atomic mass is 35.5. The first-order valence-electron chi connectivity index (χ1n) is 4.85. The summed E-state index contributed by atoms with van der Waals surface area (Å²) >= 11 is 6.03. The molecule has 3 rings (SSSR count). The molecule has 0 saturated carbocycles. The Morgan fingerprint density at radius 1 is 1.33 bits per heavy atom. The Labute approximate surface area is 92.7 Å². The van der Waals surface area contributed by atoms with Crippen LogP contribution in [0.15, 0.2) is 17.1 Å². The fraction of sp³-hybridized carbons (Fsp3) is 0.364. The number of fused-ring (bicyclic) bond motifs is 2. The summed E-state index contributed by atoms with van der Waals surface area (Å²) in [7, 11) is 0. The summed E-state index contributed by atoms with van der Waals surface area (Å²) < 4.78 is 10.7. The Kier molecular flexibility index (Phi) is 1.89. The third kappa shape index (κ3) is 1.38. The van der Waals surface area contributed by atoms with E-state index in [-0.39, 0.29) is 5.50 Å². The molecule has 2 aliphatic rings. The lowest BCUT2D eigenvalue weighted by Gasteiger charge is -2.18. The lowest BCUT2D eigenvalue weighted by Crippen LogP contribution is -2.14. The van der Waals surface area contributed by atoms with E-state index in [0.29, 0.717) is 6.79 Å². The molecule has 1 unspecified atom stereocenters. The topological polar surface area (TPSA) is 30.8 Å². The van der Waals surface area contributed by atoms with Crippen LogP contribution in [0.4, 0.5) is 0 Å². The molecule has 0 aromatic heterocycles.